The Labute approximate surface area is 119 Å². The van der Waals surface area contributed by atoms with Crippen molar-refractivity contribution in [3.63, 3.8) is 0 Å². The molecule has 0 fully saturated rings. The third-order valence-corrected chi connectivity index (χ3v) is 4.98. The summed E-state index contributed by atoms with van der Waals surface area (Å²) in [6.45, 7) is 0. The average Bonchev–Trinajstić information content (AvgIpc) is 2.72. The van der Waals surface area contributed by atoms with E-state index in [-0.39, 0.29) is 22.4 Å². The molecule has 0 amide bonds. The lowest BCUT2D eigenvalue weighted by Gasteiger charge is -2.15. The Hall–Kier alpha value is -1.22. The zero-order valence-electron chi connectivity index (χ0n) is 10.2. The van der Waals surface area contributed by atoms with E-state index in [1.54, 1.807) is 0 Å². The van der Waals surface area contributed by atoms with Crippen LogP contribution in [0.25, 0.3) is 0 Å². The van der Waals surface area contributed by atoms with Crippen molar-refractivity contribution in [2.45, 2.75) is 17.7 Å². The molecule has 3 rings (SSSR count). The van der Waals surface area contributed by atoms with Crippen molar-refractivity contribution in [2.75, 3.05) is 0 Å². The van der Waals surface area contributed by atoms with Gasteiger partial charge >= 0.3 is 0 Å². The molecule has 98 valence electrons. The predicted octanol–water partition coefficient (Wildman–Crippen LogP) is 4.82. The van der Waals surface area contributed by atoms with Gasteiger partial charge in [0, 0.05) is 4.83 Å². The second kappa shape index (κ2) is 5.04. The lowest BCUT2D eigenvalue weighted by atomic mass is 9.96. The van der Waals surface area contributed by atoms with E-state index in [1.165, 1.54) is 23.3 Å². The molecule has 0 saturated carbocycles. The molecule has 2 aromatic rings. The standard InChI is InChI=1S/C16H13BrF2/c17-16-12(7-10-3-1-2-4-14(10)16)8-11-9-13(18)5-6-15(11)19/h1-6,9,12,16H,7-8H2. The highest BCUT2D eigenvalue weighted by Crippen LogP contribution is 2.43. The van der Waals surface area contributed by atoms with Gasteiger partial charge < -0.3 is 0 Å². The Morgan fingerprint density at radius 2 is 1.89 bits per heavy atom. The van der Waals surface area contributed by atoms with Crippen molar-refractivity contribution >= 4 is 15.9 Å². The topological polar surface area (TPSA) is 0 Å². The molecule has 0 saturated heterocycles. The number of benzene rings is 2. The van der Waals surface area contributed by atoms with Gasteiger partial charge in [0.05, 0.1) is 0 Å². The molecule has 0 spiro atoms. The van der Waals surface area contributed by atoms with E-state index < -0.39 is 0 Å². The van der Waals surface area contributed by atoms with Crippen LogP contribution in [0.1, 0.15) is 21.5 Å². The van der Waals surface area contributed by atoms with Crippen molar-refractivity contribution in [1.29, 1.82) is 0 Å². The summed E-state index contributed by atoms with van der Waals surface area (Å²) >= 11 is 3.69. The second-order valence-corrected chi connectivity index (χ2v) is 5.99. The number of fused-ring (bicyclic) bond motifs is 1. The maximum atomic E-state index is 13.7. The highest BCUT2D eigenvalue weighted by molar-refractivity contribution is 9.09. The summed E-state index contributed by atoms with van der Waals surface area (Å²) in [7, 11) is 0. The molecule has 19 heavy (non-hydrogen) atoms. The molecule has 1 aliphatic rings. The Balaban J connectivity index is 1.85. The summed E-state index contributed by atoms with van der Waals surface area (Å²) in [5.74, 6) is -0.427. The van der Waals surface area contributed by atoms with Crippen molar-refractivity contribution in [1.82, 2.24) is 0 Å². The Morgan fingerprint density at radius 1 is 1.11 bits per heavy atom. The van der Waals surface area contributed by atoms with E-state index in [1.807, 2.05) is 12.1 Å². The summed E-state index contributed by atoms with van der Waals surface area (Å²) in [5.41, 5.74) is 3.03. The molecule has 2 aromatic carbocycles. The van der Waals surface area contributed by atoms with E-state index in [0.29, 0.717) is 12.0 Å². The van der Waals surface area contributed by atoms with E-state index in [9.17, 15) is 8.78 Å². The van der Waals surface area contributed by atoms with E-state index in [0.717, 1.165) is 12.5 Å². The minimum Gasteiger partial charge on any atom is -0.207 e. The lowest BCUT2D eigenvalue weighted by molar-refractivity contribution is 0.520. The van der Waals surface area contributed by atoms with Gasteiger partial charge in [-0.1, -0.05) is 40.2 Å². The van der Waals surface area contributed by atoms with Crippen LogP contribution in [0, 0.1) is 17.6 Å². The average molecular weight is 323 g/mol. The first kappa shape index (κ1) is 12.8. The van der Waals surface area contributed by atoms with Crippen molar-refractivity contribution < 1.29 is 8.78 Å². The molecule has 3 heteroatoms. The number of hydrogen-bond acceptors (Lipinski definition) is 0. The third kappa shape index (κ3) is 2.44. The van der Waals surface area contributed by atoms with Gasteiger partial charge in [-0.3, -0.25) is 0 Å². The maximum absolute atomic E-state index is 13.7. The summed E-state index contributed by atoms with van der Waals surface area (Å²) in [5, 5.41) is 0. The Kier molecular flexibility index (Phi) is 3.40. The smallest absolute Gasteiger partial charge is 0.126 e. The first-order chi connectivity index (χ1) is 9.15. The fraction of sp³-hybridized carbons (Fsp3) is 0.250. The van der Waals surface area contributed by atoms with Crippen LogP contribution in [0.2, 0.25) is 0 Å². The van der Waals surface area contributed by atoms with Gasteiger partial charge in [-0.15, -0.1) is 0 Å². The predicted molar refractivity (Wildman–Crippen MR) is 75.4 cm³/mol. The highest BCUT2D eigenvalue weighted by Gasteiger charge is 2.30. The Morgan fingerprint density at radius 3 is 2.68 bits per heavy atom. The molecule has 0 radical (unpaired) electrons. The zero-order valence-corrected chi connectivity index (χ0v) is 11.8. The van der Waals surface area contributed by atoms with Gasteiger partial charge in [0.15, 0.2) is 0 Å². The number of rotatable bonds is 2. The summed E-state index contributed by atoms with van der Waals surface area (Å²) < 4.78 is 26.9. The maximum Gasteiger partial charge on any atom is 0.126 e. The van der Waals surface area contributed by atoms with E-state index in [2.05, 4.69) is 28.1 Å². The monoisotopic (exact) mass is 322 g/mol. The SMILES string of the molecule is Fc1ccc(F)c(CC2Cc3ccccc3C2Br)c1. The number of hydrogen-bond donors (Lipinski definition) is 0. The van der Waals surface area contributed by atoms with Crippen LogP contribution in [-0.2, 0) is 12.8 Å². The fourth-order valence-corrected chi connectivity index (χ4v) is 3.61. The number of alkyl halides is 1. The molecule has 0 bridgehead atoms. The van der Waals surface area contributed by atoms with Crippen molar-refractivity contribution in [2.24, 2.45) is 5.92 Å². The fourth-order valence-electron chi connectivity index (χ4n) is 2.79. The van der Waals surface area contributed by atoms with Gasteiger partial charge in [0.2, 0.25) is 0 Å². The van der Waals surface area contributed by atoms with Crippen LogP contribution in [0.4, 0.5) is 8.78 Å². The quantitative estimate of drug-likeness (QED) is 0.696. The molecule has 2 unspecified atom stereocenters. The van der Waals surface area contributed by atoms with Crippen LogP contribution in [0.5, 0.6) is 0 Å². The van der Waals surface area contributed by atoms with Crippen LogP contribution in [0.3, 0.4) is 0 Å². The van der Waals surface area contributed by atoms with Crippen molar-refractivity contribution in [3.05, 3.63) is 70.8 Å². The minimum absolute atomic E-state index is 0.214. The van der Waals surface area contributed by atoms with Crippen LogP contribution >= 0.6 is 15.9 Å². The molecular formula is C16H13BrF2. The first-order valence-corrected chi connectivity index (χ1v) is 7.22. The molecular weight excluding hydrogens is 310 g/mol. The molecule has 0 aromatic heterocycles. The molecule has 0 N–H and O–H groups in total. The summed E-state index contributed by atoms with van der Waals surface area (Å²) in [6, 6.07) is 11.9. The molecule has 0 aliphatic heterocycles. The van der Waals surface area contributed by atoms with Gasteiger partial charge in [-0.2, -0.15) is 0 Å². The van der Waals surface area contributed by atoms with Gasteiger partial charge in [0.1, 0.15) is 11.6 Å². The molecule has 1 aliphatic carbocycles. The molecule has 0 nitrogen and oxygen atoms in total. The van der Waals surface area contributed by atoms with E-state index in [4.69, 9.17) is 0 Å². The normalized spacial score (nSPS) is 21.4. The molecule has 2 atom stereocenters. The van der Waals surface area contributed by atoms with Gasteiger partial charge in [-0.05, 0) is 53.6 Å². The summed E-state index contributed by atoms with van der Waals surface area (Å²) in [6.07, 6.45) is 1.45. The van der Waals surface area contributed by atoms with Crippen LogP contribution < -0.4 is 0 Å². The molecule has 0 heterocycles. The van der Waals surface area contributed by atoms with E-state index >= 15 is 0 Å². The largest absolute Gasteiger partial charge is 0.207 e. The number of halogens is 3. The Bertz CT molecular complexity index is 609. The zero-order chi connectivity index (χ0) is 13.4. The highest BCUT2D eigenvalue weighted by atomic mass is 79.9. The third-order valence-electron chi connectivity index (χ3n) is 3.74. The summed E-state index contributed by atoms with van der Waals surface area (Å²) in [4.78, 5) is 0.214. The second-order valence-electron chi connectivity index (χ2n) is 5.00. The van der Waals surface area contributed by atoms with Crippen LogP contribution in [0.15, 0.2) is 42.5 Å². The minimum atomic E-state index is -0.377. The van der Waals surface area contributed by atoms with Gasteiger partial charge in [-0.25, -0.2) is 8.78 Å². The van der Waals surface area contributed by atoms with Crippen molar-refractivity contribution in [3.8, 4) is 0 Å². The van der Waals surface area contributed by atoms with Crippen LogP contribution in [-0.4, -0.2) is 0 Å². The first-order valence-electron chi connectivity index (χ1n) is 6.31. The lowest BCUT2D eigenvalue weighted by Crippen LogP contribution is -2.08. The van der Waals surface area contributed by atoms with Gasteiger partial charge in [0.25, 0.3) is 0 Å².